The van der Waals surface area contributed by atoms with Crippen molar-refractivity contribution in [1.82, 2.24) is 9.97 Å². The van der Waals surface area contributed by atoms with Gasteiger partial charge >= 0.3 is 5.97 Å². The SMILES string of the molecule is Cc1cc(C(=O)O)nc(NCCS(C)=O)n1. The van der Waals surface area contributed by atoms with Crippen molar-refractivity contribution >= 4 is 22.7 Å². The van der Waals surface area contributed by atoms with E-state index in [0.29, 0.717) is 18.0 Å². The van der Waals surface area contributed by atoms with Gasteiger partial charge in [0, 0.05) is 35.0 Å². The smallest absolute Gasteiger partial charge is 0.354 e. The van der Waals surface area contributed by atoms with Crippen molar-refractivity contribution in [2.24, 2.45) is 0 Å². The summed E-state index contributed by atoms with van der Waals surface area (Å²) in [6.45, 7) is 2.14. The molecule has 0 spiro atoms. The van der Waals surface area contributed by atoms with Crippen LogP contribution in [-0.4, -0.2) is 43.8 Å². The van der Waals surface area contributed by atoms with Gasteiger partial charge in [0.15, 0.2) is 5.69 Å². The molecule has 0 fully saturated rings. The van der Waals surface area contributed by atoms with Gasteiger partial charge < -0.3 is 10.4 Å². The van der Waals surface area contributed by atoms with E-state index in [9.17, 15) is 9.00 Å². The number of carbonyl (C=O) groups is 1. The van der Waals surface area contributed by atoms with Crippen molar-refractivity contribution in [3.05, 3.63) is 17.5 Å². The maximum absolute atomic E-state index is 10.8. The molecule has 1 aromatic heterocycles. The number of nitrogens with zero attached hydrogens (tertiary/aromatic N) is 2. The van der Waals surface area contributed by atoms with E-state index < -0.39 is 16.8 Å². The van der Waals surface area contributed by atoms with Crippen LogP contribution in [-0.2, 0) is 10.8 Å². The van der Waals surface area contributed by atoms with Gasteiger partial charge in [0.05, 0.1) is 0 Å². The Hall–Kier alpha value is -1.50. The van der Waals surface area contributed by atoms with Gasteiger partial charge in [-0.25, -0.2) is 14.8 Å². The van der Waals surface area contributed by atoms with Crippen molar-refractivity contribution < 1.29 is 14.1 Å². The highest BCUT2D eigenvalue weighted by Gasteiger charge is 2.08. The maximum Gasteiger partial charge on any atom is 0.354 e. The summed E-state index contributed by atoms with van der Waals surface area (Å²) in [5.41, 5.74) is 0.528. The number of aryl methyl sites for hydroxylation is 1. The van der Waals surface area contributed by atoms with Crippen molar-refractivity contribution in [2.75, 3.05) is 23.9 Å². The molecule has 0 aromatic carbocycles. The van der Waals surface area contributed by atoms with E-state index in [4.69, 9.17) is 5.11 Å². The largest absolute Gasteiger partial charge is 0.477 e. The fourth-order valence-corrected chi connectivity index (χ4v) is 1.45. The minimum atomic E-state index is -1.09. The van der Waals surface area contributed by atoms with Crippen LogP contribution in [0.4, 0.5) is 5.95 Å². The number of aromatic carboxylic acids is 1. The molecule has 1 unspecified atom stereocenters. The van der Waals surface area contributed by atoms with Gasteiger partial charge in [-0.1, -0.05) is 0 Å². The van der Waals surface area contributed by atoms with Gasteiger partial charge in [-0.3, -0.25) is 4.21 Å². The van der Waals surface area contributed by atoms with Crippen molar-refractivity contribution in [2.45, 2.75) is 6.92 Å². The average molecular weight is 243 g/mol. The second-order valence-corrected chi connectivity index (χ2v) is 4.78. The van der Waals surface area contributed by atoms with Crippen molar-refractivity contribution in [1.29, 1.82) is 0 Å². The highest BCUT2D eigenvalue weighted by molar-refractivity contribution is 7.84. The van der Waals surface area contributed by atoms with Gasteiger partial charge in [0.1, 0.15) is 0 Å². The molecule has 7 heteroatoms. The molecule has 0 bridgehead atoms. The molecular formula is C9H13N3O3S. The summed E-state index contributed by atoms with van der Waals surface area (Å²) < 4.78 is 10.8. The molecule has 0 saturated heterocycles. The molecule has 1 heterocycles. The zero-order valence-corrected chi connectivity index (χ0v) is 9.87. The Labute approximate surface area is 95.6 Å². The van der Waals surface area contributed by atoms with Crippen LogP contribution in [0.5, 0.6) is 0 Å². The molecule has 1 aromatic rings. The van der Waals surface area contributed by atoms with Gasteiger partial charge in [-0.2, -0.15) is 0 Å². The van der Waals surface area contributed by atoms with Crippen LogP contribution in [0.2, 0.25) is 0 Å². The molecule has 0 saturated carbocycles. The van der Waals surface area contributed by atoms with Crippen LogP contribution in [0.25, 0.3) is 0 Å². The van der Waals surface area contributed by atoms with Crippen molar-refractivity contribution in [3.63, 3.8) is 0 Å². The molecule has 0 aliphatic heterocycles. The van der Waals surface area contributed by atoms with Gasteiger partial charge in [0.2, 0.25) is 5.95 Å². The number of hydrogen-bond donors (Lipinski definition) is 2. The minimum absolute atomic E-state index is 0.0485. The zero-order chi connectivity index (χ0) is 12.1. The maximum atomic E-state index is 10.8. The monoisotopic (exact) mass is 243 g/mol. The first kappa shape index (κ1) is 12.6. The molecule has 16 heavy (non-hydrogen) atoms. The Balaban J connectivity index is 2.72. The van der Waals surface area contributed by atoms with E-state index in [1.54, 1.807) is 13.2 Å². The number of rotatable bonds is 5. The molecule has 1 atom stereocenters. The van der Waals surface area contributed by atoms with E-state index in [2.05, 4.69) is 15.3 Å². The lowest BCUT2D eigenvalue weighted by Crippen LogP contribution is -2.14. The minimum Gasteiger partial charge on any atom is -0.477 e. The first-order valence-electron chi connectivity index (χ1n) is 4.62. The summed E-state index contributed by atoms with van der Waals surface area (Å²) in [6, 6.07) is 1.39. The Morgan fingerprint density at radius 1 is 1.56 bits per heavy atom. The standard InChI is InChI=1S/C9H13N3O3S/c1-6-5-7(8(13)14)12-9(11-6)10-3-4-16(2)15/h5H,3-4H2,1-2H3,(H,13,14)(H,10,11,12). The van der Waals surface area contributed by atoms with Crippen LogP contribution in [0.1, 0.15) is 16.2 Å². The molecule has 0 radical (unpaired) electrons. The van der Waals surface area contributed by atoms with Gasteiger partial charge in [-0.05, 0) is 13.0 Å². The second-order valence-electron chi connectivity index (χ2n) is 3.23. The third kappa shape index (κ3) is 3.93. The fraction of sp³-hybridized carbons (Fsp3) is 0.444. The molecule has 2 N–H and O–H groups in total. The molecule has 0 amide bonds. The van der Waals surface area contributed by atoms with E-state index in [1.165, 1.54) is 6.07 Å². The van der Waals surface area contributed by atoms with Gasteiger partial charge in [-0.15, -0.1) is 0 Å². The van der Waals surface area contributed by atoms with Crippen LogP contribution in [0.3, 0.4) is 0 Å². The Bertz CT molecular complexity index is 422. The van der Waals surface area contributed by atoms with Crippen LogP contribution >= 0.6 is 0 Å². The van der Waals surface area contributed by atoms with E-state index in [1.807, 2.05) is 0 Å². The molecule has 6 nitrogen and oxygen atoms in total. The van der Waals surface area contributed by atoms with E-state index >= 15 is 0 Å². The molecule has 88 valence electrons. The number of aromatic nitrogens is 2. The third-order valence-electron chi connectivity index (χ3n) is 1.75. The lowest BCUT2D eigenvalue weighted by Gasteiger charge is -2.05. The zero-order valence-electron chi connectivity index (χ0n) is 9.06. The topological polar surface area (TPSA) is 92.2 Å². The van der Waals surface area contributed by atoms with Crippen LogP contribution in [0, 0.1) is 6.92 Å². The molecular weight excluding hydrogens is 230 g/mol. The predicted molar refractivity (Wildman–Crippen MR) is 61.2 cm³/mol. The predicted octanol–water partition coefficient (Wildman–Crippen LogP) is 0.274. The summed E-state index contributed by atoms with van der Waals surface area (Å²) in [5, 5.41) is 11.6. The van der Waals surface area contributed by atoms with Crippen LogP contribution in [0.15, 0.2) is 6.07 Å². The quantitative estimate of drug-likeness (QED) is 0.771. The molecule has 1 rings (SSSR count). The van der Waals surface area contributed by atoms with E-state index in [-0.39, 0.29) is 11.6 Å². The number of carboxylic acid groups (broad SMARTS) is 1. The average Bonchev–Trinajstić information content (AvgIpc) is 2.16. The summed E-state index contributed by atoms with van der Waals surface area (Å²) in [7, 11) is -0.893. The summed E-state index contributed by atoms with van der Waals surface area (Å²) >= 11 is 0. The highest BCUT2D eigenvalue weighted by Crippen LogP contribution is 2.04. The van der Waals surface area contributed by atoms with Gasteiger partial charge in [0.25, 0.3) is 0 Å². The fourth-order valence-electron chi connectivity index (χ4n) is 1.06. The Kier molecular flexibility index (Phi) is 4.36. The van der Waals surface area contributed by atoms with Crippen molar-refractivity contribution in [3.8, 4) is 0 Å². The number of hydrogen-bond acceptors (Lipinski definition) is 5. The number of anilines is 1. The molecule has 0 aliphatic rings. The Morgan fingerprint density at radius 2 is 2.25 bits per heavy atom. The Morgan fingerprint density at radius 3 is 2.81 bits per heavy atom. The summed E-state index contributed by atoms with van der Waals surface area (Å²) in [6.07, 6.45) is 1.60. The summed E-state index contributed by atoms with van der Waals surface area (Å²) in [5.74, 6) is -0.366. The molecule has 0 aliphatic carbocycles. The third-order valence-corrected chi connectivity index (χ3v) is 2.53. The normalized spacial score (nSPS) is 12.1. The number of nitrogens with one attached hydrogen (secondary N) is 1. The second kappa shape index (κ2) is 5.55. The lowest BCUT2D eigenvalue weighted by molar-refractivity contribution is 0.0690. The first-order chi connectivity index (χ1) is 7.49. The highest BCUT2D eigenvalue weighted by atomic mass is 32.2. The summed E-state index contributed by atoms with van der Waals surface area (Å²) in [4.78, 5) is 18.6. The first-order valence-corrected chi connectivity index (χ1v) is 6.34. The lowest BCUT2D eigenvalue weighted by atomic mass is 10.3. The van der Waals surface area contributed by atoms with Crippen LogP contribution < -0.4 is 5.32 Å². The van der Waals surface area contributed by atoms with E-state index in [0.717, 1.165) is 0 Å². The number of carboxylic acids is 1.